The summed E-state index contributed by atoms with van der Waals surface area (Å²) in [5, 5.41) is 4.73. The Morgan fingerprint density at radius 1 is 1.38 bits per heavy atom. The van der Waals surface area contributed by atoms with Gasteiger partial charge in [-0.2, -0.15) is 0 Å². The monoisotopic (exact) mass is 437 g/mol. The zero-order chi connectivity index (χ0) is 20.5. The topological polar surface area (TPSA) is 84.7 Å². The molecule has 6 nitrogen and oxygen atoms in total. The van der Waals surface area contributed by atoms with E-state index in [1.165, 1.54) is 0 Å². The summed E-state index contributed by atoms with van der Waals surface area (Å²) in [6.07, 6.45) is 0.631. The van der Waals surface area contributed by atoms with Gasteiger partial charge in [-0.25, -0.2) is 0 Å². The van der Waals surface area contributed by atoms with Crippen LogP contribution < -0.4 is 26.0 Å². The van der Waals surface area contributed by atoms with E-state index >= 15 is 0 Å². The Labute approximate surface area is 179 Å². The molecular formula is C21H29ClN3O3P. The molecule has 2 atom stereocenters. The summed E-state index contributed by atoms with van der Waals surface area (Å²) in [6.45, 7) is 3.86. The number of primary amides is 1. The number of amides is 2. The molecule has 2 aromatic rings. The quantitative estimate of drug-likeness (QED) is 0.556. The Hall–Kier alpha value is -2.30. The summed E-state index contributed by atoms with van der Waals surface area (Å²) in [5.74, 6) is 0.663. The second-order valence-electron chi connectivity index (χ2n) is 6.22. The number of rotatable bonds is 5. The first-order chi connectivity index (χ1) is 13.5. The van der Waals surface area contributed by atoms with Gasteiger partial charge in [0, 0.05) is 18.1 Å². The van der Waals surface area contributed by atoms with Gasteiger partial charge in [-0.15, -0.1) is 9.24 Å². The molecule has 0 bridgehead atoms. The SMILES string of the molecule is C.CCCNC(=O)C1CN(Cc2cc(Cl)ccc2P)c2ccccc2O1.NC=O. The first kappa shape index (κ1) is 24.7. The molecule has 0 aliphatic carbocycles. The highest BCUT2D eigenvalue weighted by molar-refractivity contribution is 7.27. The van der Waals surface area contributed by atoms with Crippen molar-refractivity contribution in [3.63, 3.8) is 0 Å². The van der Waals surface area contributed by atoms with Crippen LogP contribution in [-0.2, 0) is 16.1 Å². The smallest absolute Gasteiger partial charge is 0.262 e. The van der Waals surface area contributed by atoms with Crippen LogP contribution in [0.15, 0.2) is 42.5 Å². The predicted molar refractivity (Wildman–Crippen MR) is 123 cm³/mol. The number of carbonyl (C=O) groups is 2. The van der Waals surface area contributed by atoms with Crippen molar-refractivity contribution in [1.29, 1.82) is 0 Å². The van der Waals surface area contributed by atoms with E-state index in [9.17, 15) is 4.79 Å². The van der Waals surface area contributed by atoms with Crippen LogP contribution in [0.25, 0.3) is 0 Å². The van der Waals surface area contributed by atoms with Crippen molar-refractivity contribution >= 4 is 44.1 Å². The minimum atomic E-state index is -0.520. The van der Waals surface area contributed by atoms with E-state index in [1.807, 2.05) is 49.4 Å². The number of nitrogens with two attached hydrogens (primary N) is 1. The fraction of sp³-hybridized carbons (Fsp3) is 0.333. The molecule has 0 spiro atoms. The van der Waals surface area contributed by atoms with E-state index in [4.69, 9.17) is 21.1 Å². The van der Waals surface area contributed by atoms with E-state index in [0.717, 1.165) is 28.7 Å². The third-order valence-corrected chi connectivity index (χ3v) is 4.97. The second kappa shape index (κ2) is 12.3. The lowest BCUT2D eigenvalue weighted by Crippen LogP contribution is -2.49. The van der Waals surface area contributed by atoms with Crippen molar-refractivity contribution < 1.29 is 14.3 Å². The van der Waals surface area contributed by atoms with Crippen molar-refractivity contribution in [3.8, 4) is 5.75 Å². The van der Waals surface area contributed by atoms with Crippen molar-refractivity contribution in [1.82, 2.24) is 5.32 Å². The highest BCUT2D eigenvalue weighted by Crippen LogP contribution is 2.34. The van der Waals surface area contributed by atoms with Gasteiger partial charge in [0.1, 0.15) is 5.75 Å². The second-order valence-corrected chi connectivity index (χ2v) is 7.28. The molecule has 158 valence electrons. The number of anilines is 1. The van der Waals surface area contributed by atoms with Crippen LogP contribution in [0.4, 0.5) is 5.69 Å². The van der Waals surface area contributed by atoms with Gasteiger partial charge in [0.25, 0.3) is 5.91 Å². The van der Waals surface area contributed by atoms with Crippen LogP contribution >= 0.6 is 20.8 Å². The van der Waals surface area contributed by atoms with Crippen LogP contribution in [-0.4, -0.2) is 31.5 Å². The number of hydrogen-bond acceptors (Lipinski definition) is 4. The van der Waals surface area contributed by atoms with Crippen LogP contribution in [0.1, 0.15) is 26.3 Å². The molecule has 2 amide bonds. The van der Waals surface area contributed by atoms with Crippen molar-refractivity contribution in [3.05, 3.63) is 53.1 Å². The van der Waals surface area contributed by atoms with E-state index in [0.29, 0.717) is 24.7 Å². The summed E-state index contributed by atoms with van der Waals surface area (Å²) in [4.78, 5) is 23.2. The highest BCUT2D eigenvalue weighted by atomic mass is 35.5. The number of fused-ring (bicyclic) bond motifs is 1. The van der Waals surface area contributed by atoms with Crippen molar-refractivity contribution in [2.75, 3.05) is 18.0 Å². The number of benzene rings is 2. The van der Waals surface area contributed by atoms with Gasteiger partial charge in [0.2, 0.25) is 6.41 Å². The number of para-hydroxylation sites is 2. The van der Waals surface area contributed by atoms with Crippen molar-refractivity contribution in [2.45, 2.75) is 33.4 Å². The fourth-order valence-electron chi connectivity index (χ4n) is 2.87. The van der Waals surface area contributed by atoms with Gasteiger partial charge < -0.3 is 20.7 Å². The third-order valence-electron chi connectivity index (χ3n) is 4.17. The Morgan fingerprint density at radius 2 is 2.07 bits per heavy atom. The molecule has 0 fully saturated rings. The van der Waals surface area contributed by atoms with E-state index in [1.54, 1.807) is 0 Å². The zero-order valence-corrected chi connectivity index (χ0v) is 17.6. The first-order valence-corrected chi connectivity index (χ1v) is 9.93. The maximum atomic E-state index is 12.4. The number of carbonyl (C=O) groups excluding carboxylic acids is 2. The highest BCUT2D eigenvalue weighted by Gasteiger charge is 2.30. The lowest BCUT2D eigenvalue weighted by Gasteiger charge is -2.36. The Morgan fingerprint density at radius 3 is 2.76 bits per heavy atom. The molecule has 3 rings (SSSR count). The number of nitrogens with one attached hydrogen (secondary N) is 1. The summed E-state index contributed by atoms with van der Waals surface area (Å²) in [5.41, 5.74) is 6.27. The largest absolute Gasteiger partial charge is 0.477 e. The average Bonchev–Trinajstić information content (AvgIpc) is 2.69. The van der Waals surface area contributed by atoms with E-state index < -0.39 is 6.10 Å². The standard InChI is InChI=1S/C19H22ClN2O2P.CH3NO.CH4/c1-2-9-21-19(23)17-12-22(15-5-3-4-6-16(15)24-17)11-13-10-14(20)7-8-18(13)25;2-1-3;/h3-8,10,17H,2,9,11-12,25H2,1H3,(H,21,23);1H,(H2,2,3);1H4. The molecule has 29 heavy (non-hydrogen) atoms. The van der Waals surface area contributed by atoms with Gasteiger partial charge in [-0.3, -0.25) is 9.59 Å². The lowest BCUT2D eigenvalue weighted by molar-refractivity contribution is -0.127. The maximum absolute atomic E-state index is 12.4. The van der Waals surface area contributed by atoms with E-state index in [2.05, 4.69) is 25.2 Å². The first-order valence-electron chi connectivity index (χ1n) is 8.97. The number of nitrogens with zero attached hydrogens (tertiary/aromatic N) is 1. The molecule has 3 N–H and O–H groups in total. The Balaban J connectivity index is 0.000000990. The van der Waals surface area contributed by atoms with Crippen LogP contribution in [0.5, 0.6) is 5.75 Å². The molecule has 0 aromatic heterocycles. The molecule has 1 aliphatic heterocycles. The van der Waals surface area contributed by atoms with E-state index in [-0.39, 0.29) is 19.7 Å². The van der Waals surface area contributed by atoms with Gasteiger partial charge in [0.05, 0.1) is 12.2 Å². The molecule has 0 radical (unpaired) electrons. The summed E-state index contributed by atoms with van der Waals surface area (Å²) >= 11 is 6.15. The Bertz CT molecular complexity index is 820. The number of hydrogen-bond donors (Lipinski definition) is 2. The average molecular weight is 438 g/mol. The van der Waals surface area contributed by atoms with Gasteiger partial charge in [-0.1, -0.05) is 44.2 Å². The molecule has 8 heteroatoms. The minimum absolute atomic E-state index is 0. The normalized spacial score (nSPS) is 14.3. The summed E-state index contributed by atoms with van der Waals surface area (Å²) < 4.78 is 5.93. The van der Waals surface area contributed by atoms with Gasteiger partial charge in [-0.05, 0) is 41.6 Å². The van der Waals surface area contributed by atoms with Crippen LogP contribution in [0.2, 0.25) is 5.02 Å². The fourth-order valence-corrected chi connectivity index (χ4v) is 3.34. The maximum Gasteiger partial charge on any atom is 0.262 e. The van der Waals surface area contributed by atoms with Crippen LogP contribution in [0.3, 0.4) is 0 Å². The number of ether oxygens (including phenoxy) is 1. The Kier molecular flexibility index (Phi) is 10.5. The van der Waals surface area contributed by atoms with Crippen molar-refractivity contribution in [2.24, 2.45) is 5.73 Å². The van der Waals surface area contributed by atoms with Gasteiger partial charge >= 0.3 is 0 Å². The molecular weight excluding hydrogens is 409 g/mol. The summed E-state index contributed by atoms with van der Waals surface area (Å²) in [6, 6.07) is 13.6. The molecule has 1 aliphatic rings. The molecule has 2 aromatic carbocycles. The molecule has 1 heterocycles. The zero-order valence-electron chi connectivity index (χ0n) is 15.7. The predicted octanol–water partition coefficient (Wildman–Crippen LogP) is 2.87. The molecule has 0 saturated heterocycles. The third kappa shape index (κ3) is 6.91. The minimum Gasteiger partial charge on any atom is -0.477 e. The lowest BCUT2D eigenvalue weighted by atomic mass is 10.1. The van der Waals surface area contributed by atoms with Gasteiger partial charge in [0.15, 0.2) is 6.10 Å². The molecule has 0 saturated carbocycles. The molecule has 2 unspecified atom stereocenters. The summed E-state index contributed by atoms with van der Waals surface area (Å²) in [7, 11) is 2.74. The number of halogens is 1. The van der Waals surface area contributed by atoms with Crippen LogP contribution in [0, 0.1) is 0 Å².